The highest BCUT2D eigenvalue weighted by molar-refractivity contribution is 5.53. The van der Waals surface area contributed by atoms with Crippen molar-refractivity contribution in [3.63, 3.8) is 0 Å². The van der Waals surface area contributed by atoms with E-state index < -0.39 is 0 Å². The van der Waals surface area contributed by atoms with Crippen LogP contribution in [0, 0.1) is 0 Å². The number of rotatable bonds is 6. The highest BCUT2D eigenvalue weighted by Gasteiger charge is 2.10. The van der Waals surface area contributed by atoms with Crippen molar-refractivity contribution in [2.45, 2.75) is 19.8 Å². The zero-order chi connectivity index (χ0) is 15.2. The van der Waals surface area contributed by atoms with Gasteiger partial charge in [0.05, 0.1) is 6.61 Å². The molecule has 112 valence electrons. The normalized spacial score (nSPS) is 10.7. The van der Waals surface area contributed by atoms with E-state index in [0.29, 0.717) is 18.2 Å². The minimum Gasteiger partial charge on any atom is -0.453 e. The number of ether oxygens (including phenoxy) is 1. The summed E-state index contributed by atoms with van der Waals surface area (Å²) in [5.74, 6) is 2.69. The smallest absolute Gasteiger partial charge is 0.171 e. The van der Waals surface area contributed by atoms with Gasteiger partial charge in [-0.3, -0.25) is 0 Å². The molecule has 2 aromatic rings. The number of anilines is 1. The van der Waals surface area contributed by atoms with Crippen LogP contribution in [0.5, 0.6) is 11.5 Å². The summed E-state index contributed by atoms with van der Waals surface area (Å²) in [5.41, 5.74) is 1.28. The van der Waals surface area contributed by atoms with Gasteiger partial charge in [-0.05, 0) is 35.7 Å². The first-order valence-corrected chi connectivity index (χ1v) is 7.16. The van der Waals surface area contributed by atoms with E-state index >= 15 is 0 Å². The first-order valence-electron chi connectivity index (χ1n) is 7.16. The van der Waals surface area contributed by atoms with E-state index in [-0.39, 0.29) is 6.61 Å². The van der Waals surface area contributed by atoms with Crippen molar-refractivity contribution in [3.05, 3.63) is 48.2 Å². The number of hydrogen-bond acceptors (Lipinski definition) is 4. The molecule has 0 fully saturated rings. The number of pyridine rings is 1. The molecule has 1 heterocycles. The fourth-order valence-corrected chi connectivity index (χ4v) is 2.05. The predicted molar refractivity (Wildman–Crippen MR) is 85.2 cm³/mol. The maximum Gasteiger partial charge on any atom is 0.171 e. The van der Waals surface area contributed by atoms with Crippen LogP contribution < -0.4 is 9.64 Å². The molecule has 0 saturated heterocycles. The van der Waals surface area contributed by atoms with Crippen LogP contribution in [-0.4, -0.2) is 30.3 Å². The second kappa shape index (κ2) is 7.09. The average Bonchev–Trinajstić information content (AvgIpc) is 2.48. The molecular formula is C17H22N2O2. The zero-order valence-corrected chi connectivity index (χ0v) is 12.8. The molecule has 0 spiro atoms. The van der Waals surface area contributed by atoms with Crippen LogP contribution in [0.2, 0.25) is 0 Å². The van der Waals surface area contributed by atoms with Crippen molar-refractivity contribution in [1.82, 2.24) is 4.98 Å². The molecule has 1 aromatic heterocycles. The van der Waals surface area contributed by atoms with E-state index in [1.165, 1.54) is 5.56 Å². The molecule has 0 aliphatic heterocycles. The second-order valence-electron chi connectivity index (χ2n) is 5.30. The molecule has 0 saturated carbocycles. The summed E-state index contributed by atoms with van der Waals surface area (Å²) in [6, 6.07) is 11.8. The van der Waals surface area contributed by atoms with E-state index in [1.54, 1.807) is 6.20 Å². The lowest BCUT2D eigenvalue weighted by Gasteiger charge is -2.19. The quantitative estimate of drug-likeness (QED) is 0.883. The Hall–Kier alpha value is -2.07. The Balaban J connectivity index is 2.19. The van der Waals surface area contributed by atoms with Gasteiger partial charge in [0.25, 0.3) is 0 Å². The van der Waals surface area contributed by atoms with Crippen LogP contribution >= 0.6 is 0 Å². The van der Waals surface area contributed by atoms with Crippen LogP contribution in [0.25, 0.3) is 0 Å². The third-order valence-corrected chi connectivity index (χ3v) is 3.32. The minimum atomic E-state index is 0.0790. The number of nitrogens with zero attached hydrogens (tertiary/aromatic N) is 2. The van der Waals surface area contributed by atoms with Crippen molar-refractivity contribution in [2.24, 2.45) is 0 Å². The molecule has 0 aliphatic carbocycles. The van der Waals surface area contributed by atoms with Crippen LogP contribution in [0.3, 0.4) is 0 Å². The van der Waals surface area contributed by atoms with Crippen molar-refractivity contribution in [3.8, 4) is 11.5 Å². The summed E-state index contributed by atoms with van der Waals surface area (Å²) < 4.78 is 5.93. The van der Waals surface area contributed by atoms with E-state index in [4.69, 9.17) is 9.84 Å². The molecule has 0 bridgehead atoms. The van der Waals surface area contributed by atoms with Gasteiger partial charge in [0.1, 0.15) is 5.75 Å². The highest BCUT2D eigenvalue weighted by Crippen LogP contribution is 2.30. The highest BCUT2D eigenvalue weighted by atomic mass is 16.5. The van der Waals surface area contributed by atoms with Crippen molar-refractivity contribution >= 4 is 5.82 Å². The molecule has 0 atom stereocenters. The second-order valence-corrected chi connectivity index (χ2v) is 5.30. The van der Waals surface area contributed by atoms with Gasteiger partial charge in [-0.1, -0.05) is 26.0 Å². The monoisotopic (exact) mass is 286 g/mol. The molecule has 1 N–H and O–H groups in total. The molecule has 4 heteroatoms. The van der Waals surface area contributed by atoms with E-state index in [2.05, 4.69) is 31.0 Å². The van der Waals surface area contributed by atoms with Crippen LogP contribution in [0.15, 0.2) is 42.6 Å². The molecule has 1 aromatic carbocycles. The Labute approximate surface area is 126 Å². The Morgan fingerprint density at radius 3 is 2.52 bits per heavy atom. The summed E-state index contributed by atoms with van der Waals surface area (Å²) >= 11 is 0. The number of likely N-dealkylation sites (N-methyl/N-ethyl adjacent to an activating group) is 1. The average molecular weight is 286 g/mol. The Bertz CT molecular complexity index is 567. The van der Waals surface area contributed by atoms with Gasteiger partial charge in [0.2, 0.25) is 0 Å². The molecule has 0 radical (unpaired) electrons. The predicted octanol–water partition coefficient (Wildman–Crippen LogP) is 3.43. The van der Waals surface area contributed by atoms with Gasteiger partial charge >= 0.3 is 0 Å². The first kappa shape index (κ1) is 15.3. The molecule has 0 unspecified atom stereocenters. The third kappa shape index (κ3) is 3.95. The number of aromatic nitrogens is 1. The first-order chi connectivity index (χ1) is 10.1. The van der Waals surface area contributed by atoms with Crippen LogP contribution in [0.4, 0.5) is 5.82 Å². The van der Waals surface area contributed by atoms with E-state index in [1.807, 2.05) is 36.2 Å². The number of aliphatic hydroxyl groups excluding tert-OH is 1. The minimum absolute atomic E-state index is 0.0790. The lowest BCUT2D eigenvalue weighted by Crippen LogP contribution is -2.22. The topological polar surface area (TPSA) is 45.6 Å². The molecule has 2 rings (SSSR count). The van der Waals surface area contributed by atoms with E-state index in [9.17, 15) is 0 Å². The summed E-state index contributed by atoms with van der Waals surface area (Å²) in [7, 11) is 1.88. The summed E-state index contributed by atoms with van der Waals surface area (Å²) in [5, 5.41) is 9.05. The molecule has 0 aliphatic rings. The largest absolute Gasteiger partial charge is 0.453 e. The lowest BCUT2D eigenvalue weighted by atomic mass is 10.0. The van der Waals surface area contributed by atoms with Crippen molar-refractivity contribution in [1.29, 1.82) is 0 Å². The zero-order valence-electron chi connectivity index (χ0n) is 12.8. The summed E-state index contributed by atoms with van der Waals surface area (Å²) in [4.78, 5) is 6.20. The lowest BCUT2D eigenvalue weighted by molar-refractivity contribution is 0.303. The molecular weight excluding hydrogens is 264 g/mol. The third-order valence-electron chi connectivity index (χ3n) is 3.32. The van der Waals surface area contributed by atoms with Gasteiger partial charge in [-0.25, -0.2) is 4.98 Å². The summed E-state index contributed by atoms with van der Waals surface area (Å²) in [6.07, 6.45) is 1.72. The number of benzene rings is 1. The fraction of sp³-hybridized carbons (Fsp3) is 0.353. The maximum atomic E-state index is 9.05. The number of aliphatic hydroxyl groups is 1. The number of hydrogen-bond donors (Lipinski definition) is 1. The molecule has 4 nitrogen and oxygen atoms in total. The van der Waals surface area contributed by atoms with Crippen LogP contribution in [0.1, 0.15) is 25.3 Å². The Morgan fingerprint density at radius 1 is 1.19 bits per heavy atom. The van der Waals surface area contributed by atoms with Gasteiger partial charge in [-0.15, -0.1) is 0 Å². The molecule has 21 heavy (non-hydrogen) atoms. The SMILES string of the molecule is CC(C)c1ccc(Oc2cccnc2N(C)CCO)cc1. The van der Waals surface area contributed by atoms with Crippen molar-refractivity contribution in [2.75, 3.05) is 25.1 Å². The standard InChI is InChI=1S/C17H22N2O2/c1-13(2)14-6-8-15(9-7-14)21-16-5-4-10-18-17(16)19(3)11-12-20/h4-10,13,20H,11-12H2,1-3H3. The van der Waals surface area contributed by atoms with E-state index in [0.717, 1.165) is 11.6 Å². The van der Waals surface area contributed by atoms with Gasteiger partial charge < -0.3 is 14.7 Å². The fourth-order valence-electron chi connectivity index (χ4n) is 2.05. The molecule has 0 amide bonds. The van der Waals surface area contributed by atoms with Crippen LogP contribution in [-0.2, 0) is 0 Å². The van der Waals surface area contributed by atoms with Gasteiger partial charge in [-0.2, -0.15) is 0 Å². The van der Waals surface area contributed by atoms with Gasteiger partial charge in [0, 0.05) is 19.8 Å². The summed E-state index contributed by atoms with van der Waals surface area (Å²) in [6.45, 7) is 4.92. The Kier molecular flexibility index (Phi) is 5.17. The van der Waals surface area contributed by atoms with Crippen molar-refractivity contribution < 1.29 is 9.84 Å². The van der Waals surface area contributed by atoms with Gasteiger partial charge in [0.15, 0.2) is 11.6 Å². The Morgan fingerprint density at radius 2 is 1.90 bits per heavy atom. The maximum absolute atomic E-state index is 9.05.